The number of halogens is 1. The van der Waals surface area contributed by atoms with E-state index >= 15 is 0 Å². The van der Waals surface area contributed by atoms with Gasteiger partial charge in [-0.3, -0.25) is 0 Å². The van der Waals surface area contributed by atoms with Crippen LogP contribution in [0.5, 0.6) is 0 Å². The Kier molecular flexibility index (Phi) is 3.92. The van der Waals surface area contributed by atoms with Gasteiger partial charge in [0.05, 0.1) is 5.88 Å². The Hall–Kier alpha value is -0.220. The molecule has 1 saturated carbocycles. The van der Waals surface area contributed by atoms with E-state index in [9.17, 15) is 0 Å². The topological polar surface area (TPSA) is 30.7 Å². The summed E-state index contributed by atoms with van der Waals surface area (Å²) in [6.07, 6.45) is 9.20. The lowest BCUT2D eigenvalue weighted by Gasteiger charge is -2.31. The van der Waals surface area contributed by atoms with Gasteiger partial charge in [-0.05, 0) is 19.1 Å². The Labute approximate surface area is 99.6 Å². The predicted molar refractivity (Wildman–Crippen MR) is 64.4 cm³/mol. The summed E-state index contributed by atoms with van der Waals surface area (Å²) < 4.78 is 2.17. The largest absolute Gasteiger partial charge is 0.312 e. The normalized spacial score (nSPS) is 26.8. The third-order valence-electron chi connectivity index (χ3n) is 3.09. The average Bonchev–Trinajstić information content (AvgIpc) is 2.76. The van der Waals surface area contributed by atoms with E-state index in [0.29, 0.717) is 17.2 Å². The summed E-state index contributed by atoms with van der Waals surface area (Å²) in [5.41, 5.74) is 0. The van der Waals surface area contributed by atoms with E-state index in [-0.39, 0.29) is 0 Å². The van der Waals surface area contributed by atoms with Gasteiger partial charge >= 0.3 is 0 Å². The van der Waals surface area contributed by atoms with Gasteiger partial charge in [0.1, 0.15) is 12.2 Å². The van der Waals surface area contributed by atoms with Crippen molar-refractivity contribution in [2.24, 2.45) is 0 Å². The van der Waals surface area contributed by atoms with Crippen molar-refractivity contribution in [1.29, 1.82) is 0 Å². The molecule has 1 aromatic rings. The maximum atomic E-state index is 5.85. The zero-order valence-electron chi connectivity index (χ0n) is 8.90. The van der Waals surface area contributed by atoms with Crippen LogP contribution in [0.15, 0.2) is 6.33 Å². The fourth-order valence-corrected chi connectivity index (χ4v) is 3.48. The molecule has 1 heterocycles. The van der Waals surface area contributed by atoms with Crippen molar-refractivity contribution in [3.8, 4) is 0 Å². The maximum absolute atomic E-state index is 5.85. The highest BCUT2D eigenvalue weighted by molar-refractivity contribution is 7.99. The number of thioether (sulfide) groups is 1. The quantitative estimate of drug-likeness (QED) is 0.768. The highest BCUT2D eigenvalue weighted by Crippen LogP contribution is 2.36. The molecule has 0 saturated heterocycles. The van der Waals surface area contributed by atoms with Crippen LogP contribution in [0, 0.1) is 0 Å². The summed E-state index contributed by atoms with van der Waals surface area (Å²) >= 11 is 7.81. The number of rotatable bonds is 3. The summed E-state index contributed by atoms with van der Waals surface area (Å²) in [5.74, 6) is 1.36. The molecule has 84 valence electrons. The van der Waals surface area contributed by atoms with Crippen LogP contribution in [0.3, 0.4) is 0 Å². The third-order valence-corrected chi connectivity index (χ3v) is 4.49. The smallest absolute Gasteiger partial charge is 0.148 e. The van der Waals surface area contributed by atoms with Crippen molar-refractivity contribution in [2.45, 2.75) is 42.9 Å². The van der Waals surface area contributed by atoms with E-state index in [1.807, 2.05) is 18.1 Å². The van der Waals surface area contributed by atoms with Crippen LogP contribution in [0.4, 0.5) is 0 Å². The van der Waals surface area contributed by atoms with Crippen LogP contribution in [0.25, 0.3) is 0 Å². The van der Waals surface area contributed by atoms with Crippen LogP contribution in [-0.4, -0.2) is 26.3 Å². The van der Waals surface area contributed by atoms with Crippen molar-refractivity contribution in [3.63, 3.8) is 0 Å². The van der Waals surface area contributed by atoms with Gasteiger partial charge in [0.25, 0.3) is 0 Å². The van der Waals surface area contributed by atoms with Crippen LogP contribution < -0.4 is 0 Å². The SMILES string of the molecule is CSC1CCCCC1n1cnnc1CCl. The van der Waals surface area contributed by atoms with Gasteiger partial charge in [0.2, 0.25) is 0 Å². The molecule has 15 heavy (non-hydrogen) atoms. The molecule has 0 spiro atoms. The maximum Gasteiger partial charge on any atom is 0.148 e. The molecule has 1 fully saturated rings. The highest BCUT2D eigenvalue weighted by atomic mass is 35.5. The number of nitrogens with zero attached hydrogens (tertiary/aromatic N) is 3. The van der Waals surface area contributed by atoms with E-state index in [2.05, 4.69) is 21.0 Å². The van der Waals surface area contributed by atoms with E-state index in [1.54, 1.807) is 0 Å². The van der Waals surface area contributed by atoms with Gasteiger partial charge in [0.15, 0.2) is 0 Å². The van der Waals surface area contributed by atoms with Gasteiger partial charge in [-0.1, -0.05) is 12.8 Å². The van der Waals surface area contributed by atoms with Gasteiger partial charge in [-0.2, -0.15) is 11.8 Å². The predicted octanol–water partition coefficient (Wildman–Crippen LogP) is 2.86. The Morgan fingerprint density at radius 2 is 2.33 bits per heavy atom. The van der Waals surface area contributed by atoms with E-state index in [4.69, 9.17) is 11.6 Å². The molecule has 0 aliphatic heterocycles. The highest BCUT2D eigenvalue weighted by Gasteiger charge is 2.27. The summed E-state index contributed by atoms with van der Waals surface area (Å²) in [6.45, 7) is 0. The zero-order valence-corrected chi connectivity index (χ0v) is 10.5. The summed E-state index contributed by atoms with van der Waals surface area (Å²) in [4.78, 5) is 0. The van der Waals surface area contributed by atoms with E-state index < -0.39 is 0 Å². The first-order valence-electron chi connectivity index (χ1n) is 5.34. The van der Waals surface area contributed by atoms with Crippen molar-refractivity contribution >= 4 is 23.4 Å². The molecular formula is C10H16ClN3S. The molecule has 1 aliphatic carbocycles. The van der Waals surface area contributed by atoms with Crippen LogP contribution in [0.2, 0.25) is 0 Å². The number of hydrogen-bond acceptors (Lipinski definition) is 3. The van der Waals surface area contributed by atoms with Crippen molar-refractivity contribution < 1.29 is 0 Å². The Morgan fingerprint density at radius 3 is 3.07 bits per heavy atom. The lowest BCUT2D eigenvalue weighted by molar-refractivity contribution is 0.358. The standard InChI is InChI=1S/C10H16ClN3S/c1-15-9-5-3-2-4-8(9)14-7-12-13-10(14)6-11/h7-9H,2-6H2,1H3. The second kappa shape index (κ2) is 5.21. The minimum Gasteiger partial charge on any atom is -0.312 e. The zero-order chi connectivity index (χ0) is 10.7. The van der Waals surface area contributed by atoms with Gasteiger partial charge in [-0.15, -0.1) is 21.8 Å². The first-order chi connectivity index (χ1) is 7.36. The van der Waals surface area contributed by atoms with E-state index in [0.717, 1.165) is 5.82 Å². The Balaban J connectivity index is 2.20. The minimum atomic E-state index is 0.456. The molecule has 0 bridgehead atoms. The fraction of sp³-hybridized carbons (Fsp3) is 0.800. The fourth-order valence-electron chi connectivity index (χ4n) is 2.31. The lowest BCUT2D eigenvalue weighted by Crippen LogP contribution is -2.26. The molecule has 0 aromatic carbocycles. The second-order valence-corrected chi connectivity index (χ2v) is 5.26. The third kappa shape index (κ3) is 2.31. The number of alkyl halides is 1. The summed E-state index contributed by atoms with van der Waals surface area (Å²) in [6, 6.07) is 0.539. The summed E-state index contributed by atoms with van der Waals surface area (Å²) in [5, 5.41) is 8.70. The van der Waals surface area contributed by atoms with Gasteiger partial charge in [-0.25, -0.2) is 0 Å². The molecule has 0 N–H and O–H groups in total. The molecular weight excluding hydrogens is 230 g/mol. The Morgan fingerprint density at radius 1 is 1.53 bits per heavy atom. The Bertz CT molecular complexity index is 315. The van der Waals surface area contributed by atoms with Crippen molar-refractivity contribution in [2.75, 3.05) is 6.26 Å². The molecule has 5 heteroatoms. The second-order valence-electron chi connectivity index (χ2n) is 3.91. The summed E-state index contributed by atoms with van der Waals surface area (Å²) in [7, 11) is 0. The molecule has 1 aromatic heterocycles. The van der Waals surface area contributed by atoms with Crippen LogP contribution >= 0.6 is 23.4 Å². The molecule has 0 amide bonds. The molecule has 2 unspecified atom stereocenters. The molecule has 3 nitrogen and oxygen atoms in total. The molecule has 0 radical (unpaired) electrons. The average molecular weight is 246 g/mol. The van der Waals surface area contributed by atoms with Crippen molar-refractivity contribution in [1.82, 2.24) is 14.8 Å². The first-order valence-corrected chi connectivity index (χ1v) is 7.16. The first kappa shape index (κ1) is 11.3. The number of aromatic nitrogens is 3. The number of hydrogen-bond donors (Lipinski definition) is 0. The minimum absolute atomic E-state index is 0.456. The van der Waals surface area contributed by atoms with Crippen molar-refractivity contribution in [3.05, 3.63) is 12.2 Å². The van der Waals surface area contributed by atoms with Gasteiger partial charge < -0.3 is 4.57 Å². The molecule has 2 atom stereocenters. The molecule has 1 aliphatic rings. The van der Waals surface area contributed by atoms with Crippen LogP contribution in [-0.2, 0) is 5.88 Å². The monoisotopic (exact) mass is 245 g/mol. The van der Waals surface area contributed by atoms with Gasteiger partial charge in [0, 0.05) is 11.3 Å². The lowest BCUT2D eigenvalue weighted by atomic mass is 9.94. The van der Waals surface area contributed by atoms with Crippen LogP contribution in [0.1, 0.15) is 37.5 Å². The van der Waals surface area contributed by atoms with E-state index in [1.165, 1.54) is 25.7 Å². The molecule has 2 rings (SSSR count).